The second-order valence-corrected chi connectivity index (χ2v) is 8.76. The van der Waals surface area contributed by atoms with Crippen molar-refractivity contribution in [1.82, 2.24) is 25.1 Å². The molecule has 1 atom stereocenters. The molecular formula is C27H25N5O5. The highest BCUT2D eigenvalue weighted by atomic mass is 16.5. The van der Waals surface area contributed by atoms with Crippen molar-refractivity contribution < 1.29 is 19.4 Å². The van der Waals surface area contributed by atoms with Gasteiger partial charge in [0.05, 0.1) is 32.1 Å². The minimum atomic E-state index is -0.643. The summed E-state index contributed by atoms with van der Waals surface area (Å²) in [6.45, 7) is 2.74. The number of benzene rings is 2. The predicted molar refractivity (Wildman–Crippen MR) is 134 cm³/mol. The number of aromatic nitrogens is 2. The fourth-order valence-electron chi connectivity index (χ4n) is 4.23. The molecule has 0 bridgehead atoms. The number of morpholine rings is 1. The third-order valence-electron chi connectivity index (χ3n) is 6.33. The molecule has 0 radical (unpaired) electrons. The second-order valence-electron chi connectivity index (χ2n) is 8.76. The molecule has 188 valence electrons. The van der Waals surface area contributed by atoms with Crippen LogP contribution >= 0.6 is 0 Å². The largest absolute Gasteiger partial charge is 0.502 e. The van der Waals surface area contributed by atoms with E-state index in [9.17, 15) is 19.5 Å². The highest BCUT2D eigenvalue weighted by Crippen LogP contribution is 2.23. The van der Waals surface area contributed by atoms with Gasteiger partial charge < -0.3 is 29.9 Å². The first kappa shape index (κ1) is 24.1. The first-order valence-electron chi connectivity index (χ1n) is 11.9. The Bertz CT molecular complexity index is 1420. The molecule has 2 fully saturated rings. The van der Waals surface area contributed by atoms with Crippen LogP contribution in [0.4, 0.5) is 4.79 Å². The molecule has 3 aromatic rings. The van der Waals surface area contributed by atoms with E-state index >= 15 is 0 Å². The molecule has 10 nitrogen and oxygen atoms in total. The van der Waals surface area contributed by atoms with Crippen LogP contribution < -0.4 is 10.9 Å². The Hall–Kier alpha value is -4.62. The number of carbonyl (C=O) groups excluding carboxylic acids is 2. The number of ether oxygens (including phenoxy) is 1. The quantitative estimate of drug-likeness (QED) is 0.468. The molecule has 2 aliphatic rings. The molecular weight excluding hydrogens is 474 g/mol. The van der Waals surface area contributed by atoms with Gasteiger partial charge in [-0.05, 0) is 42.0 Å². The van der Waals surface area contributed by atoms with Crippen LogP contribution in [0.2, 0.25) is 0 Å². The second kappa shape index (κ2) is 10.6. The van der Waals surface area contributed by atoms with Crippen LogP contribution in [-0.4, -0.2) is 69.7 Å². The van der Waals surface area contributed by atoms with Crippen LogP contribution in [0.5, 0.6) is 5.75 Å². The molecule has 0 aliphatic carbocycles. The summed E-state index contributed by atoms with van der Waals surface area (Å²) in [6.07, 6.45) is 1.20. The molecule has 3 heterocycles. The molecule has 3 N–H and O–H groups in total. The lowest BCUT2D eigenvalue weighted by molar-refractivity contribution is 0.0303. The zero-order valence-electron chi connectivity index (χ0n) is 19.9. The zero-order chi connectivity index (χ0) is 25.8. The molecule has 37 heavy (non-hydrogen) atoms. The average molecular weight is 500 g/mol. The topological polar surface area (TPSA) is 128 Å². The Morgan fingerprint density at radius 2 is 1.68 bits per heavy atom. The van der Waals surface area contributed by atoms with Crippen molar-refractivity contribution in [2.24, 2.45) is 0 Å². The van der Waals surface area contributed by atoms with Crippen molar-refractivity contribution in [2.75, 3.05) is 32.8 Å². The summed E-state index contributed by atoms with van der Waals surface area (Å²) < 4.78 is 5.30. The van der Waals surface area contributed by atoms with Gasteiger partial charge in [-0.1, -0.05) is 24.0 Å². The number of carbonyl (C=O) groups is 2. The first-order chi connectivity index (χ1) is 18.0. The number of nitrogens with one attached hydrogen (secondary N) is 2. The summed E-state index contributed by atoms with van der Waals surface area (Å²) in [4.78, 5) is 46.1. The summed E-state index contributed by atoms with van der Waals surface area (Å²) in [5, 5.41) is 12.8. The number of hydrogen-bond donors (Lipinski definition) is 3. The Morgan fingerprint density at radius 1 is 1.03 bits per heavy atom. The zero-order valence-corrected chi connectivity index (χ0v) is 19.9. The maximum Gasteiger partial charge on any atom is 0.318 e. The molecule has 0 saturated carbocycles. The van der Waals surface area contributed by atoms with Crippen LogP contribution in [0, 0.1) is 11.8 Å². The van der Waals surface area contributed by atoms with Crippen LogP contribution in [0.25, 0.3) is 0 Å². The number of aromatic hydroxyl groups is 1. The van der Waals surface area contributed by atoms with Crippen LogP contribution in [-0.2, 0) is 11.3 Å². The van der Waals surface area contributed by atoms with Gasteiger partial charge in [0.25, 0.3) is 11.5 Å². The Balaban J connectivity index is 1.20. The molecule has 2 aliphatic heterocycles. The molecule has 2 saturated heterocycles. The van der Waals surface area contributed by atoms with Gasteiger partial charge in [-0.3, -0.25) is 9.59 Å². The van der Waals surface area contributed by atoms with Crippen molar-refractivity contribution in [3.63, 3.8) is 0 Å². The molecule has 1 unspecified atom stereocenters. The van der Waals surface area contributed by atoms with E-state index in [1.807, 2.05) is 36.4 Å². The maximum atomic E-state index is 12.6. The van der Waals surface area contributed by atoms with Crippen molar-refractivity contribution in [1.29, 1.82) is 0 Å². The van der Waals surface area contributed by atoms with E-state index in [-0.39, 0.29) is 30.2 Å². The Labute approximate surface area is 212 Å². The smallest absolute Gasteiger partial charge is 0.318 e. The predicted octanol–water partition coefficient (Wildman–Crippen LogP) is 1.61. The van der Waals surface area contributed by atoms with Gasteiger partial charge in [0, 0.05) is 36.3 Å². The molecule has 1 aromatic heterocycles. The van der Waals surface area contributed by atoms with Gasteiger partial charge in [0.15, 0.2) is 0 Å². The molecule has 2 aromatic carbocycles. The van der Waals surface area contributed by atoms with E-state index in [4.69, 9.17) is 4.74 Å². The number of hydrogen-bond acceptors (Lipinski definition) is 6. The van der Waals surface area contributed by atoms with E-state index in [0.717, 1.165) is 16.7 Å². The lowest BCUT2D eigenvalue weighted by atomic mass is 10.0. The summed E-state index contributed by atoms with van der Waals surface area (Å²) in [6, 6.07) is 14.3. The van der Waals surface area contributed by atoms with Crippen molar-refractivity contribution in [2.45, 2.75) is 12.6 Å². The molecule has 5 rings (SSSR count). The van der Waals surface area contributed by atoms with Gasteiger partial charge in [-0.25, -0.2) is 9.78 Å². The minimum absolute atomic E-state index is 0.00135. The van der Waals surface area contributed by atoms with Crippen molar-refractivity contribution in [3.8, 4) is 17.6 Å². The third kappa shape index (κ3) is 5.47. The Morgan fingerprint density at radius 3 is 2.35 bits per heavy atom. The lowest BCUT2D eigenvalue weighted by Gasteiger charge is -2.26. The van der Waals surface area contributed by atoms with Gasteiger partial charge in [0.1, 0.15) is 5.69 Å². The highest BCUT2D eigenvalue weighted by molar-refractivity contribution is 5.94. The number of H-pyrrole nitrogens is 1. The number of amides is 3. The van der Waals surface area contributed by atoms with Gasteiger partial charge in [-0.2, -0.15) is 0 Å². The fourth-order valence-corrected chi connectivity index (χ4v) is 4.23. The number of aromatic amines is 1. The Kier molecular flexibility index (Phi) is 6.87. The summed E-state index contributed by atoms with van der Waals surface area (Å²) in [5.41, 5.74) is 2.66. The molecule has 0 spiro atoms. The van der Waals surface area contributed by atoms with Crippen LogP contribution in [0.3, 0.4) is 0 Å². The first-order valence-corrected chi connectivity index (χ1v) is 11.9. The van der Waals surface area contributed by atoms with Gasteiger partial charge in [-0.15, -0.1) is 0 Å². The molecule has 10 heteroatoms. The van der Waals surface area contributed by atoms with E-state index < -0.39 is 11.3 Å². The third-order valence-corrected chi connectivity index (χ3v) is 6.33. The van der Waals surface area contributed by atoms with E-state index in [1.54, 1.807) is 17.0 Å². The van der Waals surface area contributed by atoms with E-state index in [2.05, 4.69) is 27.1 Å². The number of rotatable bonds is 4. The standard InChI is InChI=1S/C27H25N5O5/c33-24-23(28-17-29-25(24)34)16-32-15-22(30-27(32)36)20-7-3-18(4-8-20)1-2-19-5-9-21(10-6-19)26(35)31-11-13-37-14-12-31/h3-10,17,22,33H,11-16H2,(H,30,36)(H,28,29,34). The average Bonchev–Trinajstić information content (AvgIpc) is 3.30. The summed E-state index contributed by atoms with van der Waals surface area (Å²) in [7, 11) is 0. The normalized spacial score (nSPS) is 17.2. The molecule has 3 amide bonds. The van der Waals surface area contributed by atoms with Gasteiger partial charge in [0.2, 0.25) is 5.75 Å². The summed E-state index contributed by atoms with van der Waals surface area (Å²) >= 11 is 0. The lowest BCUT2D eigenvalue weighted by Crippen LogP contribution is -2.40. The van der Waals surface area contributed by atoms with Crippen molar-refractivity contribution >= 4 is 11.9 Å². The van der Waals surface area contributed by atoms with E-state index in [0.29, 0.717) is 38.4 Å². The van der Waals surface area contributed by atoms with Crippen LogP contribution in [0.1, 0.15) is 38.8 Å². The van der Waals surface area contributed by atoms with Gasteiger partial charge >= 0.3 is 6.03 Å². The van der Waals surface area contributed by atoms with E-state index in [1.165, 1.54) is 11.2 Å². The SMILES string of the molecule is O=C1NC(c2ccc(C#Cc3ccc(C(=O)N4CCOCC4)cc3)cc2)CN1Cc1nc[nH]c(=O)c1O. The van der Waals surface area contributed by atoms with Crippen molar-refractivity contribution in [3.05, 3.63) is 93.2 Å². The number of nitrogens with zero attached hydrogens (tertiary/aromatic N) is 3. The summed E-state index contributed by atoms with van der Waals surface area (Å²) in [5.74, 6) is 5.75. The maximum absolute atomic E-state index is 12.6. The highest BCUT2D eigenvalue weighted by Gasteiger charge is 2.30. The van der Waals surface area contributed by atoms with Crippen LogP contribution in [0.15, 0.2) is 59.7 Å². The fraction of sp³-hybridized carbons (Fsp3) is 0.259. The number of urea groups is 1. The minimum Gasteiger partial charge on any atom is -0.502 e. The monoisotopic (exact) mass is 499 g/mol.